The molecule has 0 fully saturated rings. The Hall–Kier alpha value is -2.97. The maximum Gasteiger partial charge on any atom is 0.267 e. The van der Waals surface area contributed by atoms with Gasteiger partial charge in [-0.25, -0.2) is 4.98 Å². The van der Waals surface area contributed by atoms with Gasteiger partial charge in [-0.15, -0.1) is 0 Å². The molecule has 30 heavy (non-hydrogen) atoms. The monoisotopic (exact) mass is 483 g/mol. The second kappa shape index (κ2) is 9.23. The number of thiazole rings is 1. The molecule has 0 aliphatic carbocycles. The van der Waals surface area contributed by atoms with Gasteiger partial charge in [0.05, 0.1) is 23.9 Å². The minimum Gasteiger partial charge on any atom is -0.493 e. The molecule has 1 amide bonds. The van der Waals surface area contributed by atoms with Gasteiger partial charge in [0.15, 0.2) is 23.2 Å². The van der Waals surface area contributed by atoms with Crippen LogP contribution in [-0.4, -0.2) is 29.6 Å². The fraction of sp³-hybridized carbons (Fsp3) is 0.136. The van der Waals surface area contributed by atoms with Crippen molar-refractivity contribution < 1.29 is 14.3 Å². The molecular formula is C22H18BrN3O3S. The topological polar surface area (TPSA) is 64.6 Å². The number of carbonyl (C=O) groups is 1. The summed E-state index contributed by atoms with van der Waals surface area (Å²) in [5.74, 6) is 0.889. The van der Waals surface area contributed by atoms with Gasteiger partial charge in [-0.1, -0.05) is 45.5 Å². The molecule has 4 rings (SSSR count). The third-order valence-corrected chi connectivity index (χ3v) is 5.89. The summed E-state index contributed by atoms with van der Waals surface area (Å²) >= 11 is 4.94. The number of hydrogen-bond acceptors (Lipinski definition) is 6. The minimum atomic E-state index is -0.206. The molecule has 0 bridgehead atoms. The van der Waals surface area contributed by atoms with Crippen LogP contribution in [0.2, 0.25) is 0 Å². The van der Waals surface area contributed by atoms with Crippen molar-refractivity contribution in [1.82, 2.24) is 9.97 Å². The second-order valence-electron chi connectivity index (χ2n) is 6.39. The number of fused-ring (bicyclic) bond motifs is 1. The van der Waals surface area contributed by atoms with E-state index in [2.05, 4.69) is 25.9 Å². The number of rotatable bonds is 7. The first-order valence-electron chi connectivity index (χ1n) is 9.15. The summed E-state index contributed by atoms with van der Waals surface area (Å²) in [6.07, 6.45) is 3.45. The highest BCUT2D eigenvalue weighted by molar-refractivity contribution is 9.10. The molecule has 0 aliphatic rings. The van der Waals surface area contributed by atoms with Gasteiger partial charge in [-0.2, -0.15) is 0 Å². The zero-order valence-electron chi connectivity index (χ0n) is 16.1. The van der Waals surface area contributed by atoms with Crippen molar-refractivity contribution in [3.8, 4) is 11.5 Å². The van der Waals surface area contributed by atoms with E-state index in [-0.39, 0.29) is 12.5 Å². The Morgan fingerprint density at radius 2 is 1.97 bits per heavy atom. The first kappa shape index (κ1) is 20.3. The largest absolute Gasteiger partial charge is 0.493 e. The molecule has 0 N–H and O–H groups in total. The summed E-state index contributed by atoms with van der Waals surface area (Å²) in [4.78, 5) is 23.6. The summed E-state index contributed by atoms with van der Waals surface area (Å²) in [5.41, 5.74) is 1.75. The lowest BCUT2D eigenvalue weighted by Crippen LogP contribution is -2.34. The molecule has 2 heterocycles. The zero-order valence-corrected chi connectivity index (χ0v) is 18.5. The van der Waals surface area contributed by atoms with Crippen molar-refractivity contribution in [2.45, 2.75) is 6.54 Å². The molecule has 2 aromatic heterocycles. The molecule has 0 unspecified atom stereocenters. The van der Waals surface area contributed by atoms with Gasteiger partial charge in [0.2, 0.25) is 0 Å². The van der Waals surface area contributed by atoms with Gasteiger partial charge in [0.25, 0.3) is 5.91 Å². The number of pyridine rings is 1. The van der Waals surface area contributed by atoms with Crippen molar-refractivity contribution in [2.75, 3.05) is 18.6 Å². The summed E-state index contributed by atoms with van der Waals surface area (Å²) in [6.45, 7) is 0.212. The highest BCUT2D eigenvalue weighted by atomic mass is 79.9. The van der Waals surface area contributed by atoms with Gasteiger partial charge in [-0.3, -0.25) is 14.7 Å². The predicted molar refractivity (Wildman–Crippen MR) is 121 cm³/mol. The molecular weight excluding hydrogens is 466 g/mol. The molecule has 0 saturated carbocycles. The van der Waals surface area contributed by atoms with E-state index in [0.29, 0.717) is 23.2 Å². The van der Waals surface area contributed by atoms with Crippen molar-refractivity contribution >= 4 is 48.5 Å². The van der Waals surface area contributed by atoms with E-state index >= 15 is 0 Å². The molecule has 152 valence electrons. The number of aromatic nitrogens is 2. The van der Waals surface area contributed by atoms with Crippen LogP contribution in [0.3, 0.4) is 0 Å². The van der Waals surface area contributed by atoms with Crippen molar-refractivity contribution in [3.63, 3.8) is 0 Å². The van der Waals surface area contributed by atoms with Crippen LogP contribution in [0.4, 0.5) is 5.13 Å². The average Bonchev–Trinajstić information content (AvgIpc) is 3.19. The quantitative estimate of drug-likeness (QED) is 0.366. The third kappa shape index (κ3) is 4.60. The lowest BCUT2D eigenvalue weighted by atomic mass is 10.2. The molecule has 0 aliphatic heterocycles. The average molecular weight is 484 g/mol. The van der Waals surface area contributed by atoms with Crippen LogP contribution in [0.5, 0.6) is 11.5 Å². The predicted octanol–water partition coefficient (Wildman–Crippen LogP) is 5.07. The zero-order chi connectivity index (χ0) is 20.9. The Kier molecular flexibility index (Phi) is 6.25. The summed E-state index contributed by atoms with van der Waals surface area (Å²) in [7, 11) is 1.57. The van der Waals surface area contributed by atoms with Crippen molar-refractivity contribution in [2.24, 2.45) is 0 Å². The highest BCUT2D eigenvalue weighted by Crippen LogP contribution is 2.32. The van der Waals surface area contributed by atoms with E-state index < -0.39 is 0 Å². The normalized spacial score (nSPS) is 10.7. The van der Waals surface area contributed by atoms with E-state index in [4.69, 9.17) is 9.47 Å². The molecule has 8 heteroatoms. The standard InChI is InChI=1S/C22H18BrN3O3S/c1-28-18-6-2-3-7-19(18)29-14-21(27)26(13-15-5-4-10-24-12-15)22-25-17-9-8-16(23)11-20(17)30-22/h2-12H,13-14H2,1H3. The lowest BCUT2D eigenvalue weighted by molar-refractivity contribution is -0.120. The summed E-state index contributed by atoms with van der Waals surface area (Å²) in [6, 6.07) is 16.9. The molecule has 2 aromatic carbocycles. The first-order valence-corrected chi connectivity index (χ1v) is 10.8. The Balaban J connectivity index is 1.61. The van der Waals surface area contributed by atoms with Gasteiger partial charge in [0.1, 0.15) is 0 Å². The van der Waals surface area contributed by atoms with Crippen LogP contribution in [-0.2, 0) is 11.3 Å². The SMILES string of the molecule is COc1ccccc1OCC(=O)N(Cc1cccnc1)c1nc2ccc(Br)cc2s1. The lowest BCUT2D eigenvalue weighted by Gasteiger charge is -2.20. The van der Waals surface area contributed by atoms with Crippen LogP contribution < -0.4 is 14.4 Å². The Morgan fingerprint density at radius 1 is 1.13 bits per heavy atom. The fourth-order valence-corrected chi connectivity index (χ4v) is 4.43. The van der Waals surface area contributed by atoms with Crippen LogP contribution in [0.1, 0.15) is 5.56 Å². The minimum absolute atomic E-state index is 0.139. The molecule has 0 saturated heterocycles. The number of anilines is 1. The van der Waals surface area contributed by atoms with Crippen LogP contribution >= 0.6 is 27.3 Å². The first-order chi connectivity index (χ1) is 14.6. The van der Waals surface area contributed by atoms with Crippen molar-refractivity contribution in [3.05, 3.63) is 77.0 Å². The summed E-state index contributed by atoms with van der Waals surface area (Å²) < 4.78 is 13.0. The number of ether oxygens (including phenoxy) is 2. The Bertz CT molecular complexity index is 1170. The van der Waals surface area contributed by atoms with Crippen molar-refractivity contribution in [1.29, 1.82) is 0 Å². The number of amides is 1. The van der Waals surface area contributed by atoms with E-state index in [1.165, 1.54) is 11.3 Å². The van der Waals surface area contributed by atoms with Crippen LogP contribution in [0.25, 0.3) is 10.2 Å². The second-order valence-corrected chi connectivity index (χ2v) is 8.31. The Morgan fingerprint density at radius 3 is 2.73 bits per heavy atom. The summed E-state index contributed by atoms with van der Waals surface area (Å²) in [5, 5.41) is 0.612. The molecule has 6 nitrogen and oxygen atoms in total. The van der Waals surface area contributed by atoms with Crippen LogP contribution in [0.15, 0.2) is 71.5 Å². The Labute approximate surface area is 186 Å². The van der Waals surface area contributed by atoms with Gasteiger partial charge in [0, 0.05) is 16.9 Å². The maximum absolute atomic E-state index is 13.2. The number of carbonyl (C=O) groups excluding carboxylic acids is 1. The van der Waals surface area contributed by atoms with Gasteiger partial charge < -0.3 is 9.47 Å². The third-order valence-electron chi connectivity index (χ3n) is 4.35. The number of hydrogen-bond donors (Lipinski definition) is 0. The van der Waals surface area contributed by atoms with Gasteiger partial charge >= 0.3 is 0 Å². The highest BCUT2D eigenvalue weighted by Gasteiger charge is 2.21. The number of methoxy groups -OCH3 is 1. The molecule has 0 spiro atoms. The van der Waals surface area contributed by atoms with Gasteiger partial charge in [-0.05, 0) is 42.0 Å². The molecule has 0 radical (unpaired) electrons. The number of para-hydroxylation sites is 2. The van der Waals surface area contributed by atoms with Crippen LogP contribution in [0, 0.1) is 0 Å². The van der Waals surface area contributed by atoms with E-state index in [1.807, 2.05) is 42.5 Å². The van der Waals surface area contributed by atoms with E-state index in [0.717, 1.165) is 20.3 Å². The number of nitrogens with zero attached hydrogens (tertiary/aromatic N) is 3. The molecule has 0 atom stereocenters. The molecule has 4 aromatic rings. The maximum atomic E-state index is 13.2. The van der Waals surface area contributed by atoms with E-state index in [9.17, 15) is 4.79 Å². The van der Waals surface area contributed by atoms with E-state index in [1.54, 1.807) is 36.5 Å². The smallest absolute Gasteiger partial charge is 0.267 e. The number of halogens is 1. The fourth-order valence-electron chi connectivity index (χ4n) is 2.89. The number of benzene rings is 2.